The van der Waals surface area contributed by atoms with Crippen LogP contribution in [0.1, 0.15) is 15.9 Å². The predicted molar refractivity (Wildman–Crippen MR) is 125 cm³/mol. The van der Waals surface area contributed by atoms with E-state index in [2.05, 4.69) is 20.9 Å². The zero-order chi connectivity index (χ0) is 19.5. The summed E-state index contributed by atoms with van der Waals surface area (Å²) in [5, 5.41) is 10.0. The molecule has 0 saturated carbocycles. The summed E-state index contributed by atoms with van der Waals surface area (Å²) in [7, 11) is 3.31. The molecule has 152 valence electrons. The third-order valence-corrected chi connectivity index (χ3v) is 4.11. The summed E-state index contributed by atoms with van der Waals surface area (Å²) in [6, 6.07) is 14.8. The van der Waals surface area contributed by atoms with E-state index in [1.165, 1.54) is 0 Å². The molecule has 8 heteroatoms. The summed E-state index contributed by atoms with van der Waals surface area (Å²) >= 11 is 5.99. The Morgan fingerprint density at radius 2 is 1.71 bits per heavy atom. The van der Waals surface area contributed by atoms with Crippen LogP contribution in [-0.2, 0) is 6.42 Å². The lowest BCUT2D eigenvalue weighted by atomic mass is 10.1. The Hall–Kier alpha value is -2.00. The SMILES string of the molecule is CN=C(NCCNC(=O)c1ccc(OC)cc1)NCCc1cccc(Cl)c1.I. The molecule has 0 aliphatic heterocycles. The number of hydrogen-bond donors (Lipinski definition) is 3. The van der Waals surface area contributed by atoms with Crippen LogP contribution in [0.2, 0.25) is 5.02 Å². The smallest absolute Gasteiger partial charge is 0.251 e. The van der Waals surface area contributed by atoms with E-state index >= 15 is 0 Å². The first-order valence-corrected chi connectivity index (χ1v) is 9.11. The third-order valence-electron chi connectivity index (χ3n) is 3.87. The predicted octanol–water partition coefficient (Wildman–Crippen LogP) is 3.10. The van der Waals surface area contributed by atoms with Gasteiger partial charge in [0.2, 0.25) is 0 Å². The quantitative estimate of drug-likeness (QED) is 0.218. The summed E-state index contributed by atoms with van der Waals surface area (Å²) < 4.78 is 5.08. The minimum absolute atomic E-state index is 0. The van der Waals surface area contributed by atoms with Gasteiger partial charge in [0.05, 0.1) is 7.11 Å². The molecule has 0 aliphatic carbocycles. The van der Waals surface area contributed by atoms with Crippen LogP contribution in [0.5, 0.6) is 5.75 Å². The summed E-state index contributed by atoms with van der Waals surface area (Å²) in [5.74, 6) is 1.29. The zero-order valence-corrected chi connectivity index (χ0v) is 19.1. The Morgan fingerprint density at radius 3 is 2.36 bits per heavy atom. The second kappa shape index (κ2) is 13.2. The molecule has 0 bridgehead atoms. The molecule has 0 heterocycles. The van der Waals surface area contributed by atoms with E-state index in [9.17, 15) is 4.79 Å². The highest BCUT2D eigenvalue weighted by Gasteiger charge is 2.05. The first-order chi connectivity index (χ1) is 13.1. The van der Waals surface area contributed by atoms with Gasteiger partial charge in [0.1, 0.15) is 5.75 Å². The topological polar surface area (TPSA) is 74.8 Å². The van der Waals surface area contributed by atoms with Crippen LogP contribution >= 0.6 is 35.6 Å². The number of carbonyl (C=O) groups is 1. The van der Waals surface area contributed by atoms with Crippen molar-refractivity contribution in [1.29, 1.82) is 0 Å². The van der Waals surface area contributed by atoms with Gasteiger partial charge in [-0.05, 0) is 48.4 Å². The molecule has 0 aromatic heterocycles. The van der Waals surface area contributed by atoms with Gasteiger partial charge in [0.25, 0.3) is 5.91 Å². The van der Waals surface area contributed by atoms with Crippen molar-refractivity contribution in [2.45, 2.75) is 6.42 Å². The molecule has 0 fully saturated rings. The molecule has 28 heavy (non-hydrogen) atoms. The Kier molecular flexibility index (Phi) is 11.4. The van der Waals surface area contributed by atoms with Crippen LogP contribution in [0.15, 0.2) is 53.5 Å². The fourth-order valence-corrected chi connectivity index (χ4v) is 2.65. The minimum Gasteiger partial charge on any atom is -0.497 e. The summed E-state index contributed by atoms with van der Waals surface area (Å²) in [5.41, 5.74) is 1.76. The highest BCUT2D eigenvalue weighted by Crippen LogP contribution is 2.11. The van der Waals surface area contributed by atoms with E-state index in [0.29, 0.717) is 24.6 Å². The maximum atomic E-state index is 12.1. The number of aliphatic imine (C=N–C) groups is 1. The number of rotatable bonds is 8. The number of nitrogens with zero attached hydrogens (tertiary/aromatic N) is 1. The monoisotopic (exact) mass is 516 g/mol. The van der Waals surface area contributed by atoms with Crippen molar-refractivity contribution in [2.24, 2.45) is 4.99 Å². The number of carbonyl (C=O) groups excluding carboxylic acids is 1. The van der Waals surface area contributed by atoms with Crippen LogP contribution in [0, 0.1) is 0 Å². The van der Waals surface area contributed by atoms with Gasteiger partial charge in [0.15, 0.2) is 5.96 Å². The molecule has 2 aromatic carbocycles. The lowest BCUT2D eigenvalue weighted by molar-refractivity contribution is 0.0954. The fraction of sp³-hybridized carbons (Fsp3) is 0.300. The first-order valence-electron chi connectivity index (χ1n) is 8.73. The molecule has 0 spiro atoms. The van der Waals surface area contributed by atoms with Crippen molar-refractivity contribution in [1.82, 2.24) is 16.0 Å². The normalized spacial score (nSPS) is 10.6. The highest BCUT2D eigenvalue weighted by atomic mass is 127. The molecule has 0 radical (unpaired) electrons. The molecule has 2 aromatic rings. The van der Waals surface area contributed by atoms with Crippen molar-refractivity contribution in [3.63, 3.8) is 0 Å². The van der Waals surface area contributed by atoms with Gasteiger partial charge in [-0.1, -0.05) is 23.7 Å². The molecule has 2 rings (SSSR count). The van der Waals surface area contributed by atoms with Crippen LogP contribution in [0.25, 0.3) is 0 Å². The van der Waals surface area contributed by atoms with E-state index in [4.69, 9.17) is 16.3 Å². The van der Waals surface area contributed by atoms with E-state index in [1.54, 1.807) is 38.4 Å². The molecule has 0 saturated heterocycles. The maximum Gasteiger partial charge on any atom is 0.251 e. The second-order valence-corrected chi connectivity index (χ2v) is 6.23. The molecular formula is C20H26ClIN4O2. The molecule has 6 nitrogen and oxygen atoms in total. The summed E-state index contributed by atoms with van der Waals surface area (Å²) in [6.07, 6.45) is 0.843. The van der Waals surface area contributed by atoms with Gasteiger partial charge in [-0.15, -0.1) is 24.0 Å². The lowest BCUT2D eigenvalue weighted by Gasteiger charge is -2.12. The number of amides is 1. The molecule has 0 atom stereocenters. The first kappa shape index (κ1) is 24.0. The second-order valence-electron chi connectivity index (χ2n) is 5.79. The number of methoxy groups -OCH3 is 1. The lowest BCUT2D eigenvalue weighted by Crippen LogP contribution is -2.42. The number of guanidine groups is 1. The Balaban J connectivity index is 0.00000392. The third kappa shape index (κ3) is 8.35. The molecular weight excluding hydrogens is 491 g/mol. The molecule has 0 aliphatic rings. The Morgan fingerprint density at radius 1 is 1.04 bits per heavy atom. The summed E-state index contributed by atoms with van der Waals surface area (Å²) in [4.78, 5) is 16.3. The van der Waals surface area contributed by atoms with Crippen molar-refractivity contribution in [2.75, 3.05) is 33.8 Å². The molecule has 0 unspecified atom stereocenters. The molecule has 3 N–H and O–H groups in total. The molecule has 1 amide bonds. The van der Waals surface area contributed by atoms with Crippen molar-refractivity contribution in [3.05, 3.63) is 64.7 Å². The minimum atomic E-state index is -0.122. The van der Waals surface area contributed by atoms with Crippen LogP contribution in [0.4, 0.5) is 0 Å². The van der Waals surface area contributed by atoms with Gasteiger partial charge in [0, 0.05) is 37.3 Å². The fourth-order valence-electron chi connectivity index (χ4n) is 2.44. The number of hydrogen-bond acceptors (Lipinski definition) is 3. The standard InChI is InChI=1S/C20H25ClN4O2.HI/c1-22-20(24-11-10-15-4-3-5-17(21)14-15)25-13-12-23-19(26)16-6-8-18(27-2)9-7-16;/h3-9,14H,10-13H2,1-2H3,(H,23,26)(H2,22,24,25);1H. The number of nitrogens with one attached hydrogen (secondary N) is 3. The van der Waals surface area contributed by atoms with Crippen LogP contribution in [0.3, 0.4) is 0 Å². The van der Waals surface area contributed by atoms with Crippen LogP contribution in [-0.4, -0.2) is 45.7 Å². The van der Waals surface area contributed by atoms with Gasteiger partial charge in [-0.2, -0.15) is 0 Å². The number of benzene rings is 2. The Labute approximate surface area is 188 Å². The largest absolute Gasteiger partial charge is 0.497 e. The van der Waals surface area contributed by atoms with Gasteiger partial charge in [-0.3, -0.25) is 9.79 Å². The van der Waals surface area contributed by atoms with Crippen molar-refractivity contribution < 1.29 is 9.53 Å². The van der Waals surface area contributed by atoms with Gasteiger partial charge < -0.3 is 20.7 Å². The zero-order valence-electron chi connectivity index (χ0n) is 16.0. The van der Waals surface area contributed by atoms with E-state index in [1.807, 2.05) is 24.3 Å². The van der Waals surface area contributed by atoms with Crippen LogP contribution < -0.4 is 20.7 Å². The van der Waals surface area contributed by atoms with Crippen molar-refractivity contribution >= 4 is 47.4 Å². The number of halogens is 2. The average Bonchev–Trinajstić information content (AvgIpc) is 2.69. The van der Waals surface area contributed by atoms with Gasteiger partial charge >= 0.3 is 0 Å². The number of ether oxygens (including phenoxy) is 1. The van der Waals surface area contributed by atoms with E-state index in [0.717, 1.165) is 29.3 Å². The van der Waals surface area contributed by atoms with E-state index in [-0.39, 0.29) is 29.9 Å². The van der Waals surface area contributed by atoms with Gasteiger partial charge in [-0.25, -0.2) is 0 Å². The highest BCUT2D eigenvalue weighted by molar-refractivity contribution is 14.0. The average molecular weight is 517 g/mol. The van der Waals surface area contributed by atoms with E-state index < -0.39 is 0 Å². The van der Waals surface area contributed by atoms with Crippen molar-refractivity contribution in [3.8, 4) is 5.75 Å². The summed E-state index contributed by atoms with van der Waals surface area (Å²) in [6.45, 7) is 1.79. The maximum absolute atomic E-state index is 12.1. The Bertz CT molecular complexity index is 769.